The maximum Gasteiger partial charge on any atom is 0.313 e. The van der Waals surface area contributed by atoms with Crippen LogP contribution in [0.5, 0.6) is 0 Å². The third kappa shape index (κ3) is 110. The van der Waals surface area contributed by atoms with Crippen molar-refractivity contribution in [2.75, 3.05) is 0 Å². The normalized spacial score (nSPS) is 7.00. The van der Waals surface area contributed by atoms with Gasteiger partial charge >= 0.3 is 4.70 Å². The molecule has 0 unspecified atom stereocenters. The van der Waals surface area contributed by atoms with Gasteiger partial charge in [-0.2, -0.15) is 0 Å². The number of carbonyl (C=O) groups is 1. The molecule has 0 heterocycles. The molecule has 0 saturated carbocycles. The van der Waals surface area contributed by atoms with Gasteiger partial charge in [0, 0.05) is 0 Å². The molecule has 0 fully saturated rings. The topological polar surface area (TPSA) is 17.1 Å². The highest BCUT2D eigenvalue weighted by molar-refractivity contribution is 6.93. The van der Waals surface area contributed by atoms with Gasteiger partial charge in [0.1, 0.15) is 0 Å². The smallest absolute Gasteiger partial charge is 0.262 e. The number of carbonyl (C=O) groups excluding carboxylic acids is 1. The van der Waals surface area contributed by atoms with Crippen LogP contribution in [0.4, 0.5) is 4.79 Å². The number of hydrogen-bond donors (Lipinski definition) is 0. The molecule has 0 amide bonds. The van der Waals surface area contributed by atoms with E-state index in [-0.39, 0.29) is 0 Å². The Morgan fingerprint density at radius 1 is 1.25 bits per heavy atom. The Labute approximate surface area is 60.0 Å². The van der Waals surface area contributed by atoms with E-state index >= 15 is 0 Å². The second-order valence-electron chi connectivity index (χ2n) is 1.23. The minimum Gasteiger partial charge on any atom is -0.262 e. The molecular formula is C5H10Cl2O. The van der Waals surface area contributed by atoms with E-state index in [1.54, 1.807) is 0 Å². The lowest BCUT2D eigenvalue weighted by Crippen LogP contribution is -1.47. The maximum atomic E-state index is 8.98. The molecule has 8 heavy (non-hydrogen) atoms. The van der Waals surface area contributed by atoms with Crippen molar-refractivity contribution in [3.05, 3.63) is 0 Å². The molecule has 0 bridgehead atoms. The molecule has 0 atom stereocenters. The van der Waals surface area contributed by atoms with Gasteiger partial charge in [0.15, 0.2) is 0 Å². The molecule has 3 heteroatoms. The molecule has 0 radical (unpaired) electrons. The highest BCUT2D eigenvalue weighted by Gasteiger charge is 1.72. The Kier molecular flexibility index (Phi) is 14.3. The Hall–Kier alpha value is 0.250. The molecule has 0 aliphatic carbocycles. The predicted molar refractivity (Wildman–Crippen MR) is 37.7 cm³/mol. The summed E-state index contributed by atoms with van der Waals surface area (Å²) in [7, 11) is 0. The Morgan fingerprint density at radius 2 is 1.38 bits per heavy atom. The van der Waals surface area contributed by atoms with Crippen LogP contribution in [0.2, 0.25) is 0 Å². The molecule has 50 valence electrons. The van der Waals surface area contributed by atoms with Gasteiger partial charge in [0.05, 0.1) is 0 Å². The van der Waals surface area contributed by atoms with E-state index in [2.05, 4.69) is 37.0 Å². The molecule has 0 aromatic heterocycles. The minimum absolute atomic E-state index is 0.889. The summed E-state index contributed by atoms with van der Waals surface area (Å²) in [5, 5.41) is 0. The van der Waals surface area contributed by atoms with Crippen LogP contribution in [0, 0.1) is 0 Å². The second-order valence-corrected chi connectivity index (χ2v) is 2.11. The zero-order chi connectivity index (χ0) is 6.99. The molecule has 0 aliphatic rings. The summed E-state index contributed by atoms with van der Waals surface area (Å²) < 4.78 is -0.889. The molecule has 0 N–H and O–H groups in total. The molecule has 0 aliphatic heterocycles. The van der Waals surface area contributed by atoms with E-state index in [0.717, 1.165) is 0 Å². The van der Waals surface area contributed by atoms with Crippen LogP contribution in [0.1, 0.15) is 26.7 Å². The summed E-state index contributed by atoms with van der Waals surface area (Å²) >= 11 is 8.80. The lowest BCUT2D eigenvalue weighted by molar-refractivity contribution is 0.275. The molecule has 0 saturated heterocycles. The van der Waals surface area contributed by atoms with E-state index in [1.807, 2.05) is 0 Å². The van der Waals surface area contributed by atoms with Gasteiger partial charge in [-0.05, 0) is 23.2 Å². The average molecular weight is 157 g/mol. The first kappa shape index (κ1) is 11.1. The van der Waals surface area contributed by atoms with Crippen LogP contribution in [0.15, 0.2) is 0 Å². The highest BCUT2D eigenvalue weighted by Crippen LogP contribution is 1.84. The lowest BCUT2D eigenvalue weighted by atomic mass is 10.4. The van der Waals surface area contributed by atoms with Crippen molar-refractivity contribution in [3.8, 4) is 0 Å². The SMILES string of the molecule is CCCC.O=C(Cl)Cl. The number of unbranched alkanes of at least 4 members (excludes halogenated alkanes) is 1. The van der Waals surface area contributed by atoms with Crippen LogP contribution in [0.25, 0.3) is 0 Å². The first-order valence-electron chi connectivity index (χ1n) is 2.50. The second kappa shape index (κ2) is 10.3. The van der Waals surface area contributed by atoms with Gasteiger partial charge in [-0.15, -0.1) is 0 Å². The Bertz CT molecular complexity index is 48.4. The van der Waals surface area contributed by atoms with Crippen LogP contribution < -0.4 is 0 Å². The molecule has 1 nitrogen and oxygen atoms in total. The summed E-state index contributed by atoms with van der Waals surface area (Å²) in [6, 6.07) is 0. The lowest BCUT2D eigenvalue weighted by Gasteiger charge is -1.68. The van der Waals surface area contributed by atoms with Gasteiger partial charge in [-0.1, -0.05) is 26.7 Å². The van der Waals surface area contributed by atoms with Crippen molar-refractivity contribution in [2.45, 2.75) is 26.7 Å². The maximum absolute atomic E-state index is 8.98. The third-order valence-electron chi connectivity index (χ3n) is 0.500. The van der Waals surface area contributed by atoms with E-state index in [1.165, 1.54) is 12.8 Å². The van der Waals surface area contributed by atoms with E-state index < -0.39 is 4.70 Å². The molecule has 0 rings (SSSR count). The first-order valence-corrected chi connectivity index (χ1v) is 3.25. The zero-order valence-electron chi connectivity index (χ0n) is 5.08. The van der Waals surface area contributed by atoms with Crippen molar-refractivity contribution < 1.29 is 4.79 Å². The van der Waals surface area contributed by atoms with Crippen molar-refractivity contribution in [1.29, 1.82) is 0 Å². The summed E-state index contributed by atoms with van der Waals surface area (Å²) in [5.74, 6) is 0. The number of halogens is 2. The van der Waals surface area contributed by atoms with Crippen molar-refractivity contribution in [2.24, 2.45) is 0 Å². The van der Waals surface area contributed by atoms with Crippen LogP contribution in [-0.4, -0.2) is 4.70 Å². The quantitative estimate of drug-likeness (QED) is 0.533. The van der Waals surface area contributed by atoms with Gasteiger partial charge in [-0.25, -0.2) is 0 Å². The Morgan fingerprint density at radius 3 is 1.38 bits per heavy atom. The molecular weight excluding hydrogens is 147 g/mol. The van der Waals surface area contributed by atoms with Crippen LogP contribution in [0.3, 0.4) is 0 Å². The number of rotatable bonds is 1. The van der Waals surface area contributed by atoms with Gasteiger partial charge in [-0.3, -0.25) is 4.79 Å². The van der Waals surface area contributed by atoms with Gasteiger partial charge in [0.25, 0.3) is 0 Å². The first-order chi connectivity index (χ1) is 3.65. The van der Waals surface area contributed by atoms with Crippen LogP contribution in [-0.2, 0) is 0 Å². The fourth-order valence-electron chi connectivity index (χ4n) is 0. The van der Waals surface area contributed by atoms with E-state index in [4.69, 9.17) is 4.79 Å². The van der Waals surface area contributed by atoms with Crippen molar-refractivity contribution >= 4 is 27.9 Å². The third-order valence-corrected chi connectivity index (χ3v) is 0.500. The summed E-state index contributed by atoms with van der Waals surface area (Å²) in [6.07, 6.45) is 2.64. The summed E-state index contributed by atoms with van der Waals surface area (Å²) in [4.78, 5) is 8.98. The number of hydrogen-bond acceptors (Lipinski definition) is 1. The minimum atomic E-state index is -0.889. The van der Waals surface area contributed by atoms with E-state index in [9.17, 15) is 0 Å². The van der Waals surface area contributed by atoms with Gasteiger partial charge in [0.2, 0.25) is 0 Å². The Balaban J connectivity index is 0. The fourth-order valence-corrected chi connectivity index (χ4v) is 0. The zero-order valence-corrected chi connectivity index (χ0v) is 6.59. The average Bonchev–Trinajstić information content (AvgIpc) is 1.65. The van der Waals surface area contributed by atoms with Gasteiger partial charge < -0.3 is 0 Å². The van der Waals surface area contributed by atoms with Crippen molar-refractivity contribution in [3.63, 3.8) is 0 Å². The molecule has 0 aromatic rings. The molecule has 0 spiro atoms. The largest absolute Gasteiger partial charge is 0.313 e. The standard InChI is InChI=1S/C4H10.CCl2O/c1-3-4-2;2-1(3)4/h3-4H2,1-2H3;. The highest BCUT2D eigenvalue weighted by atomic mass is 35.5. The van der Waals surface area contributed by atoms with Crippen molar-refractivity contribution in [1.82, 2.24) is 0 Å². The molecule has 0 aromatic carbocycles. The summed E-state index contributed by atoms with van der Waals surface area (Å²) in [6.45, 7) is 4.36. The fraction of sp³-hybridized carbons (Fsp3) is 0.800. The van der Waals surface area contributed by atoms with Crippen LogP contribution >= 0.6 is 23.2 Å². The monoisotopic (exact) mass is 156 g/mol. The van der Waals surface area contributed by atoms with E-state index in [0.29, 0.717) is 0 Å². The predicted octanol–water partition coefficient (Wildman–Crippen LogP) is 3.39. The summed E-state index contributed by atoms with van der Waals surface area (Å²) in [5.41, 5.74) is 0.